The first kappa shape index (κ1) is 22.7. The number of rotatable bonds is 5. The summed E-state index contributed by atoms with van der Waals surface area (Å²) in [5, 5.41) is 4.90. The van der Waals surface area contributed by atoms with E-state index in [2.05, 4.69) is 31.9 Å². The molecule has 2 aliphatic rings. The molecule has 2 N–H and O–H groups in total. The molecule has 7 rings (SSSR count). The standard InChI is InChI=1S/C27H27N9O2/c1-15-10-16(4-6-20(15)38-23-11-22-29-13-31-36(22)14-30-23)27-32-17-5-7-21(37-3)25(24(17)26(28)33-27)35-12-19-18(35)8-9-34(19)2/h4-7,10-11,13-14,18-19H,8-9,12H2,1-3H3,(H2,28,32,33). The fourth-order valence-corrected chi connectivity index (χ4v) is 5.65. The Balaban J connectivity index is 1.23. The first-order valence-electron chi connectivity index (χ1n) is 12.6. The highest BCUT2D eigenvalue weighted by Crippen LogP contribution is 2.45. The SMILES string of the molecule is COc1ccc2nc(-c3ccc(Oc4cc5ncnn5cn4)c(C)c3)nc(N)c2c1N1CC2C1CCN2C. The second-order valence-electron chi connectivity index (χ2n) is 9.87. The molecule has 11 nitrogen and oxygen atoms in total. The number of hydrogen-bond acceptors (Lipinski definition) is 10. The average Bonchev–Trinajstić information content (AvgIpc) is 3.48. The van der Waals surface area contributed by atoms with Gasteiger partial charge in [0.1, 0.15) is 30.0 Å². The smallest absolute Gasteiger partial charge is 0.224 e. The molecule has 0 spiro atoms. The van der Waals surface area contributed by atoms with Gasteiger partial charge in [0.2, 0.25) is 5.88 Å². The van der Waals surface area contributed by atoms with E-state index in [4.69, 9.17) is 25.2 Å². The van der Waals surface area contributed by atoms with Gasteiger partial charge in [0.25, 0.3) is 0 Å². The van der Waals surface area contributed by atoms with E-state index in [1.807, 2.05) is 37.3 Å². The topological polar surface area (TPSA) is 120 Å². The lowest BCUT2D eigenvalue weighted by atomic mass is 9.94. The number of aromatic nitrogens is 6. The predicted molar refractivity (Wildman–Crippen MR) is 144 cm³/mol. The van der Waals surface area contributed by atoms with Gasteiger partial charge in [-0.2, -0.15) is 5.10 Å². The van der Waals surface area contributed by atoms with Crippen LogP contribution in [-0.2, 0) is 0 Å². The van der Waals surface area contributed by atoms with Crippen molar-refractivity contribution in [2.45, 2.75) is 25.4 Å². The third-order valence-corrected chi connectivity index (χ3v) is 7.70. The first-order valence-corrected chi connectivity index (χ1v) is 12.6. The number of nitrogens with two attached hydrogens (primary N) is 1. The summed E-state index contributed by atoms with van der Waals surface area (Å²) in [7, 11) is 3.89. The number of hydrogen-bond donors (Lipinski definition) is 1. The lowest BCUT2D eigenvalue weighted by Gasteiger charge is -2.48. The zero-order valence-electron chi connectivity index (χ0n) is 21.4. The van der Waals surface area contributed by atoms with Gasteiger partial charge in [-0.05, 0) is 56.3 Å². The maximum Gasteiger partial charge on any atom is 0.224 e. The normalized spacial score (nSPS) is 19.1. The van der Waals surface area contributed by atoms with Crippen LogP contribution in [-0.4, -0.2) is 73.8 Å². The Morgan fingerprint density at radius 1 is 1.03 bits per heavy atom. The second-order valence-corrected chi connectivity index (χ2v) is 9.87. The zero-order valence-corrected chi connectivity index (χ0v) is 21.4. The summed E-state index contributed by atoms with van der Waals surface area (Å²) in [4.78, 5) is 22.9. The highest BCUT2D eigenvalue weighted by Gasteiger charge is 2.46. The average molecular weight is 510 g/mol. The Hall–Kier alpha value is -4.51. The van der Waals surface area contributed by atoms with Crippen LogP contribution in [0.1, 0.15) is 12.0 Å². The summed E-state index contributed by atoms with van der Waals surface area (Å²) >= 11 is 0. The molecule has 0 bridgehead atoms. The molecule has 2 fully saturated rings. The highest BCUT2D eigenvalue weighted by molar-refractivity contribution is 6.03. The monoisotopic (exact) mass is 509 g/mol. The third-order valence-electron chi connectivity index (χ3n) is 7.70. The quantitative estimate of drug-likeness (QED) is 0.378. The largest absolute Gasteiger partial charge is 0.495 e. The van der Waals surface area contributed by atoms with Crippen molar-refractivity contribution in [2.24, 2.45) is 0 Å². The summed E-state index contributed by atoms with van der Waals surface area (Å²) in [6.45, 7) is 4.01. The van der Waals surface area contributed by atoms with E-state index < -0.39 is 0 Å². The maximum absolute atomic E-state index is 6.62. The molecule has 0 radical (unpaired) electrons. The number of nitrogen functional groups attached to an aromatic ring is 1. The minimum atomic E-state index is 0.440. The molecule has 2 aliphatic heterocycles. The highest BCUT2D eigenvalue weighted by atomic mass is 16.5. The molecule has 38 heavy (non-hydrogen) atoms. The van der Waals surface area contributed by atoms with Gasteiger partial charge in [-0.25, -0.2) is 24.5 Å². The van der Waals surface area contributed by atoms with Crippen molar-refractivity contribution in [1.29, 1.82) is 0 Å². The van der Waals surface area contributed by atoms with Gasteiger partial charge in [-0.15, -0.1) is 0 Å². The second kappa shape index (κ2) is 8.52. The molecule has 2 unspecified atom stereocenters. The van der Waals surface area contributed by atoms with E-state index in [-0.39, 0.29) is 0 Å². The number of methoxy groups -OCH3 is 1. The van der Waals surface area contributed by atoms with E-state index in [1.54, 1.807) is 24.0 Å². The molecule has 2 aromatic carbocycles. The van der Waals surface area contributed by atoms with Gasteiger partial charge in [0.05, 0.1) is 23.7 Å². The molecular formula is C27H27N9O2. The van der Waals surface area contributed by atoms with Crippen molar-refractivity contribution in [3.05, 3.63) is 54.6 Å². The Labute approximate surface area is 218 Å². The van der Waals surface area contributed by atoms with Crippen LogP contribution >= 0.6 is 0 Å². The third kappa shape index (κ3) is 3.50. The van der Waals surface area contributed by atoms with Crippen LogP contribution in [0.3, 0.4) is 0 Å². The lowest BCUT2D eigenvalue weighted by molar-refractivity contribution is 0.241. The molecule has 3 aromatic heterocycles. The van der Waals surface area contributed by atoms with Crippen LogP contribution in [0.15, 0.2) is 49.1 Å². The van der Waals surface area contributed by atoms with Gasteiger partial charge < -0.3 is 20.1 Å². The Kier molecular flexibility index (Phi) is 5.08. The van der Waals surface area contributed by atoms with Gasteiger partial charge in [-0.1, -0.05) is 0 Å². The summed E-state index contributed by atoms with van der Waals surface area (Å²) in [5.41, 5.74) is 10.8. The Bertz CT molecular complexity index is 1700. The summed E-state index contributed by atoms with van der Waals surface area (Å²) in [6.07, 6.45) is 4.17. The Morgan fingerprint density at radius 2 is 1.89 bits per heavy atom. The summed E-state index contributed by atoms with van der Waals surface area (Å²) in [5.74, 6) is 2.92. The van der Waals surface area contributed by atoms with E-state index in [0.717, 1.165) is 53.0 Å². The molecule has 5 aromatic rings. The minimum Gasteiger partial charge on any atom is -0.495 e. The number of nitrogens with zero attached hydrogens (tertiary/aromatic N) is 8. The molecule has 2 atom stereocenters. The molecule has 0 saturated carbocycles. The van der Waals surface area contributed by atoms with E-state index in [0.29, 0.717) is 41.0 Å². The van der Waals surface area contributed by atoms with Gasteiger partial charge in [0, 0.05) is 36.8 Å². The Morgan fingerprint density at radius 3 is 2.71 bits per heavy atom. The van der Waals surface area contributed by atoms with Crippen molar-refractivity contribution in [2.75, 3.05) is 37.9 Å². The number of likely N-dealkylation sites (N-methyl/N-ethyl adjacent to an activating group) is 1. The minimum absolute atomic E-state index is 0.440. The predicted octanol–water partition coefficient (Wildman–Crippen LogP) is 3.32. The molecule has 5 heterocycles. The zero-order chi connectivity index (χ0) is 26.0. The number of likely N-dealkylation sites (tertiary alicyclic amines) is 1. The van der Waals surface area contributed by atoms with Crippen molar-refractivity contribution in [1.82, 2.24) is 34.4 Å². The van der Waals surface area contributed by atoms with Gasteiger partial charge >= 0.3 is 0 Å². The fourth-order valence-electron chi connectivity index (χ4n) is 5.65. The maximum atomic E-state index is 6.62. The van der Waals surface area contributed by atoms with Crippen molar-refractivity contribution in [3.8, 4) is 28.8 Å². The van der Waals surface area contributed by atoms with Crippen LogP contribution < -0.4 is 20.1 Å². The van der Waals surface area contributed by atoms with Crippen LogP contribution in [0, 0.1) is 6.92 Å². The number of ether oxygens (including phenoxy) is 2. The fraction of sp³-hybridized carbons (Fsp3) is 0.296. The summed E-state index contributed by atoms with van der Waals surface area (Å²) < 4.78 is 13.4. The van der Waals surface area contributed by atoms with Crippen LogP contribution in [0.4, 0.5) is 11.5 Å². The molecule has 192 valence electrons. The van der Waals surface area contributed by atoms with Crippen LogP contribution in [0.2, 0.25) is 0 Å². The van der Waals surface area contributed by atoms with E-state index >= 15 is 0 Å². The molecule has 2 saturated heterocycles. The molecule has 11 heteroatoms. The van der Waals surface area contributed by atoms with E-state index in [1.165, 1.54) is 6.33 Å². The number of aryl methyl sites for hydroxylation is 1. The van der Waals surface area contributed by atoms with Crippen molar-refractivity contribution < 1.29 is 9.47 Å². The van der Waals surface area contributed by atoms with E-state index in [9.17, 15) is 0 Å². The van der Waals surface area contributed by atoms with Crippen LogP contribution in [0.25, 0.3) is 27.9 Å². The number of benzene rings is 2. The van der Waals surface area contributed by atoms with Gasteiger partial charge in [0.15, 0.2) is 11.5 Å². The summed E-state index contributed by atoms with van der Waals surface area (Å²) in [6, 6.07) is 12.5. The van der Waals surface area contributed by atoms with Crippen LogP contribution in [0.5, 0.6) is 17.4 Å². The number of anilines is 2. The molecular weight excluding hydrogens is 482 g/mol. The lowest BCUT2D eigenvalue weighted by Crippen LogP contribution is -2.61. The van der Waals surface area contributed by atoms with Gasteiger partial charge in [-0.3, -0.25) is 4.90 Å². The molecule has 0 amide bonds. The van der Waals surface area contributed by atoms with Crippen molar-refractivity contribution in [3.63, 3.8) is 0 Å². The van der Waals surface area contributed by atoms with Crippen molar-refractivity contribution >= 4 is 28.1 Å². The first-order chi connectivity index (χ1) is 18.5. The number of fused-ring (bicyclic) bond motifs is 3. The molecule has 0 aliphatic carbocycles.